The number of nitrogens with zero attached hydrogens (tertiary/aromatic N) is 7. The van der Waals surface area contributed by atoms with Crippen molar-refractivity contribution in [2.75, 3.05) is 26.7 Å². The van der Waals surface area contributed by atoms with Crippen LogP contribution < -0.4 is 0 Å². The molecule has 3 rings (SSSR count). The predicted octanol–water partition coefficient (Wildman–Crippen LogP) is -0.143. The van der Waals surface area contributed by atoms with Gasteiger partial charge in [-0.2, -0.15) is 4.31 Å². The van der Waals surface area contributed by atoms with Gasteiger partial charge in [-0.15, -0.1) is 5.10 Å². The number of aliphatic hydroxyl groups is 1. The molecular weight excluding hydrogens is 450 g/mol. The fourth-order valence-corrected chi connectivity index (χ4v) is 4.92. The lowest BCUT2D eigenvalue weighted by atomic mass is 10.0. The number of amides is 1. The van der Waals surface area contributed by atoms with Crippen LogP contribution in [0.5, 0.6) is 0 Å². The molecule has 3 atom stereocenters. The Morgan fingerprint density at radius 2 is 2.15 bits per heavy atom. The quantitative estimate of drug-likeness (QED) is 0.600. The molecular formula is C20H33N7O5S. The molecule has 0 aromatic carbocycles. The first-order valence-corrected chi connectivity index (χ1v) is 12.4. The fraction of sp³-hybridized carbons (Fsp3) is 0.700. The van der Waals surface area contributed by atoms with Crippen LogP contribution in [0.3, 0.4) is 0 Å². The van der Waals surface area contributed by atoms with Gasteiger partial charge >= 0.3 is 0 Å². The second-order valence-corrected chi connectivity index (χ2v) is 10.6. The summed E-state index contributed by atoms with van der Waals surface area (Å²) in [5, 5.41) is 17.7. The topological polar surface area (TPSA) is 136 Å². The van der Waals surface area contributed by atoms with Crippen molar-refractivity contribution in [3.63, 3.8) is 0 Å². The van der Waals surface area contributed by atoms with Gasteiger partial charge in [-0.05, 0) is 13.3 Å². The Labute approximate surface area is 194 Å². The number of aromatic nitrogens is 5. The highest BCUT2D eigenvalue weighted by Gasteiger charge is 2.32. The van der Waals surface area contributed by atoms with Crippen molar-refractivity contribution in [1.29, 1.82) is 0 Å². The van der Waals surface area contributed by atoms with E-state index >= 15 is 0 Å². The molecule has 0 saturated heterocycles. The van der Waals surface area contributed by atoms with Crippen LogP contribution in [0.15, 0.2) is 23.7 Å². The van der Waals surface area contributed by atoms with E-state index in [1.54, 1.807) is 34.3 Å². The molecule has 1 N–H and O–H groups in total. The Morgan fingerprint density at radius 3 is 2.82 bits per heavy atom. The number of imidazole rings is 1. The van der Waals surface area contributed by atoms with Gasteiger partial charge in [0.1, 0.15) is 0 Å². The highest BCUT2D eigenvalue weighted by molar-refractivity contribution is 7.89. The van der Waals surface area contributed by atoms with Crippen LogP contribution >= 0.6 is 0 Å². The van der Waals surface area contributed by atoms with E-state index in [9.17, 15) is 18.3 Å². The van der Waals surface area contributed by atoms with Crippen LogP contribution in [-0.2, 0) is 39.8 Å². The standard InChI is InChI=1S/C20H33N7O5S/c1-15-9-26(16(2)12-28)20(29)6-5-7-27-17(8-22-23-27)13-32-18(15)10-25(4)33(30,31)19-11-24(3)14-21-19/h8,11,14-16,18,28H,5-7,9-10,12-13H2,1-4H3/t15-,16-,18-/m1/s1. The van der Waals surface area contributed by atoms with Crippen molar-refractivity contribution in [3.8, 4) is 0 Å². The molecule has 0 saturated carbocycles. The first-order valence-electron chi connectivity index (χ1n) is 11.0. The minimum Gasteiger partial charge on any atom is -0.394 e. The SMILES string of the molecule is C[C@@H]1CN([C@H](C)CO)C(=O)CCCn2nncc2CO[C@@H]1CN(C)S(=O)(=O)c1cn(C)cn1. The minimum atomic E-state index is -3.82. The van der Waals surface area contributed by atoms with E-state index < -0.39 is 16.1 Å². The number of hydrogen-bond donors (Lipinski definition) is 1. The largest absolute Gasteiger partial charge is 0.394 e. The van der Waals surface area contributed by atoms with E-state index in [4.69, 9.17) is 4.74 Å². The minimum absolute atomic E-state index is 0.0405. The van der Waals surface area contributed by atoms with Gasteiger partial charge < -0.3 is 19.3 Å². The first kappa shape index (κ1) is 25.3. The maximum absolute atomic E-state index is 13.0. The third kappa shape index (κ3) is 5.96. The normalized spacial score (nSPS) is 22.0. The van der Waals surface area contributed by atoms with E-state index in [0.29, 0.717) is 25.9 Å². The average molecular weight is 484 g/mol. The molecule has 1 aliphatic rings. The number of aryl methyl sites for hydroxylation is 2. The number of likely N-dealkylation sites (N-methyl/N-ethyl adjacent to an activating group) is 1. The van der Waals surface area contributed by atoms with Gasteiger partial charge in [0.15, 0.2) is 5.03 Å². The van der Waals surface area contributed by atoms with Crippen molar-refractivity contribution < 1.29 is 23.1 Å². The van der Waals surface area contributed by atoms with E-state index in [-0.39, 0.29) is 42.7 Å². The van der Waals surface area contributed by atoms with Crippen LogP contribution in [0.4, 0.5) is 0 Å². The Kier molecular flexibility index (Phi) is 8.21. The summed E-state index contributed by atoms with van der Waals surface area (Å²) >= 11 is 0. The number of rotatable bonds is 6. The third-order valence-electron chi connectivity index (χ3n) is 5.93. The second-order valence-electron chi connectivity index (χ2n) is 8.62. The van der Waals surface area contributed by atoms with Crippen LogP contribution in [0, 0.1) is 5.92 Å². The van der Waals surface area contributed by atoms with Crippen molar-refractivity contribution >= 4 is 15.9 Å². The Bertz CT molecular complexity index is 1040. The molecule has 13 heteroatoms. The molecule has 0 aliphatic carbocycles. The summed E-state index contributed by atoms with van der Waals surface area (Å²) in [7, 11) is -0.624. The zero-order chi connectivity index (χ0) is 24.2. The van der Waals surface area contributed by atoms with Crippen LogP contribution in [-0.4, -0.2) is 92.1 Å². The maximum Gasteiger partial charge on any atom is 0.261 e. The maximum atomic E-state index is 13.0. The van der Waals surface area contributed by atoms with Gasteiger partial charge in [-0.25, -0.2) is 18.1 Å². The summed E-state index contributed by atoms with van der Waals surface area (Å²) in [6, 6.07) is -0.361. The van der Waals surface area contributed by atoms with Crippen LogP contribution in [0.2, 0.25) is 0 Å². The molecule has 1 aliphatic heterocycles. The summed E-state index contributed by atoms with van der Waals surface area (Å²) in [5.41, 5.74) is 0.760. The molecule has 2 aromatic rings. The highest BCUT2D eigenvalue weighted by atomic mass is 32.2. The zero-order valence-corrected chi connectivity index (χ0v) is 20.3. The van der Waals surface area contributed by atoms with E-state index in [1.807, 2.05) is 6.92 Å². The molecule has 0 bridgehead atoms. The molecule has 0 radical (unpaired) electrons. The number of hydrogen-bond acceptors (Lipinski definition) is 8. The van der Waals surface area contributed by atoms with Crippen LogP contribution in [0.25, 0.3) is 0 Å². The molecule has 1 amide bonds. The Hall–Kier alpha value is -2.35. The Balaban J connectivity index is 1.86. The molecule has 2 aromatic heterocycles. The van der Waals surface area contributed by atoms with Gasteiger partial charge in [-0.1, -0.05) is 12.1 Å². The van der Waals surface area contributed by atoms with Gasteiger partial charge in [0, 0.05) is 52.3 Å². The van der Waals surface area contributed by atoms with Gasteiger partial charge in [0.05, 0.1) is 43.6 Å². The summed E-state index contributed by atoms with van der Waals surface area (Å²) in [5.74, 6) is -0.285. The number of carbonyl (C=O) groups excluding carboxylic acids is 1. The average Bonchev–Trinajstić information content (AvgIpc) is 3.42. The van der Waals surface area contributed by atoms with Gasteiger partial charge in [0.2, 0.25) is 5.91 Å². The smallest absolute Gasteiger partial charge is 0.261 e. The summed E-state index contributed by atoms with van der Waals surface area (Å²) in [6.07, 6.45) is 4.87. The number of sulfonamides is 1. The third-order valence-corrected chi connectivity index (χ3v) is 7.64. The lowest BCUT2D eigenvalue weighted by Gasteiger charge is -2.35. The number of aliphatic hydroxyl groups excluding tert-OH is 1. The van der Waals surface area contributed by atoms with Crippen molar-refractivity contribution in [2.24, 2.45) is 13.0 Å². The molecule has 0 unspecified atom stereocenters. The fourth-order valence-electron chi connectivity index (χ4n) is 3.78. The number of carbonyl (C=O) groups is 1. The molecule has 3 heterocycles. The number of ether oxygens (including phenoxy) is 1. The van der Waals surface area contributed by atoms with E-state index in [0.717, 1.165) is 5.69 Å². The van der Waals surface area contributed by atoms with E-state index in [2.05, 4.69) is 15.3 Å². The summed E-state index contributed by atoms with van der Waals surface area (Å²) < 4.78 is 36.7. The van der Waals surface area contributed by atoms with Crippen molar-refractivity contribution in [3.05, 3.63) is 24.4 Å². The highest BCUT2D eigenvalue weighted by Crippen LogP contribution is 2.20. The predicted molar refractivity (Wildman–Crippen MR) is 118 cm³/mol. The first-order chi connectivity index (χ1) is 15.6. The molecule has 0 spiro atoms. The summed E-state index contributed by atoms with van der Waals surface area (Å²) in [4.78, 5) is 18.5. The van der Waals surface area contributed by atoms with Crippen LogP contribution in [0.1, 0.15) is 32.4 Å². The number of fused-ring (bicyclic) bond motifs is 1. The summed E-state index contributed by atoms with van der Waals surface area (Å²) in [6.45, 7) is 4.67. The monoisotopic (exact) mass is 483 g/mol. The molecule has 0 fully saturated rings. The molecule has 12 nitrogen and oxygen atoms in total. The van der Waals surface area contributed by atoms with Crippen molar-refractivity contribution in [2.45, 2.75) is 57.0 Å². The van der Waals surface area contributed by atoms with Gasteiger partial charge in [0.25, 0.3) is 10.0 Å². The Morgan fingerprint density at radius 1 is 1.39 bits per heavy atom. The lowest BCUT2D eigenvalue weighted by Crippen LogP contribution is -2.47. The van der Waals surface area contributed by atoms with Crippen molar-refractivity contribution in [1.82, 2.24) is 33.8 Å². The second kappa shape index (κ2) is 10.7. The molecule has 33 heavy (non-hydrogen) atoms. The zero-order valence-electron chi connectivity index (χ0n) is 19.5. The van der Waals surface area contributed by atoms with E-state index in [1.165, 1.54) is 23.9 Å². The van der Waals surface area contributed by atoms with Gasteiger partial charge in [-0.3, -0.25) is 4.79 Å². The molecule has 184 valence electrons. The lowest BCUT2D eigenvalue weighted by molar-refractivity contribution is -0.136.